The maximum atomic E-state index is 4.62. The Morgan fingerprint density at radius 3 is 2.09 bits per heavy atom. The van der Waals surface area contributed by atoms with E-state index in [1.807, 2.05) is 12.4 Å². The van der Waals surface area contributed by atoms with Crippen LogP contribution in [0.15, 0.2) is 116 Å². The molecule has 4 heteroatoms. The highest BCUT2D eigenvalue weighted by atomic mass is 31.2. The van der Waals surface area contributed by atoms with E-state index in [2.05, 4.69) is 125 Å². The first kappa shape index (κ1) is 19.0. The number of nitrogens with zero attached hydrogens (tertiary/aromatic N) is 2. The van der Waals surface area contributed by atoms with Crippen LogP contribution in [0.1, 0.15) is 0 Å². The number of benzene rings is 3. The Morgan fingerprint density at radius 2 is 1.38 bits per heavy atom. The minimum atomic E-state index is -2.22. The average molecular weight is 432 g/mol. The van der Waals surface area contributed by atoms with Gasteiger partial charge >= 0.3 is 0 Å². The molecule has 154 valence electrons. The van der Waals surface area contributed by atoms with E-state index in [9.17, 15) is 0 Å². The lowest BCUT2D eigenvalue weighted by atomic mass is 10.2. The zero-order valence-corrected chi connectivity index (χ0v) is 18.7. The molecule has 6 rings (SSSR count). The zero-order chi connectivity index (χ0) is 21.5. The molecule has 6 aromatic rings. The molecule has 0 bridgehead atoms. The third kappa shape index (κ3) is 2.68. The van der Waals surface area contributed by atoms with Gasteiger partial charge in [0.1, 0.15) is 34.1 Å². The van der Waals surface area contributed by atoms with Gasteiger partial charge in [-0.3, -0.25) is 0 Å². The summed E-state index contributed by atoms with van der Waals surface area (Å²) >= 11 is 0. The van der Waals surface area contributed by atoms with Gasteiger partial charge in [0, 0.05) is 37.1 Å². The Morgan fingerprint density at radius 1 is 0.688 bits per heavy atom. The predicted molar refractivity (Wildman–Crippen MR) is 137 cm³/mol. The highest BCUT2D eigenvalue weighted by Crippen LogP contribution is 2.56. The standard InChI is InChI=1S/C28H23N3P/c1-31-20-17-23-25(31)13-8-14-26(23)32(21-9-4-2-5-10-21,22-11-6-3-7-12-22)27-16-19-30-28-24(27)15-18-29-28/h2-20H,1H3,(H,29,30)/q+1. The van der Waals surface area contributed by atoms with E-state index in [0.29, 0.717) is 0 Å². The van der Waals surface area contributed by atoms with E-state index < -0.39 is 7.26 Å². The lowest BCUT2D eigenvalue weighted by Crippen LogP contribution is -2.39. The molecule has 0 aliphatic rings. The molecule has 3 aromatic carbocycles. The fourth-order valence-corrected chi connectivity index (χ4v) is 9.56. The smallest absolute Gasteiger partial charge is 0.145 e. The Kier molecular flexibility index (Phi) is 4.45. The minimum Gasteiger partial charge on any atom is -0.350 e. The van der Waals surface area contributed by atoms with Gasteiger partial charge in [-0.05, 0) is 48.5 Å². The summed E-state index contributed by atoms with van der Waals surface area (Å²) in [6.45, 7) is 0. The first-order valence-electron chi connectivity index (χ1n) is 10.8. The third-order valence-corrected chi connectivity index (χ3v) is 10.7. The fourth-order valence-electron chi connectivity index (χ4n) is 4.96. The van der Waals surface area contributed by atoms with Gasteiger partial charge in [0.15, 0.2) is 0 Å². The van der Waals surface area contributed by atoms with Gasteiger partial charge in [-0.15, -0.1) is 0 Å². The van der Waals surface area contributed by atoms with Crippen molar-refractivity contribution in [3.05, 3.63) is 116 Å². The third-order valence-electron chi connectivity index (χ3n) is 6.35. The number of aromatic amines is 1. The van der Waals surface area contributed by atoms with Gasteiger partial charge in [-0.2, -0.15) is 0 Å². The van der Waals surface area contributed by atoms with Crippen LogP contribution in [0, 0.1) is 0 Å². The molecule has 0 atom stereocenters. The van der Waals surface area contributed by atoms with Gasteiger partial charge in [-0.25, -0.2) is 4.98 Å². The Balaban J connectivity index is 1.86. The summed E-state index contributed by atoms with van der Waals surface area (Å²) < 4.78 is 2.21. The molecule has 0 saturated carbocycles. The van der Waals surface area contributed by atoms with E-state index in [1.54, 1.807) is 0 Å². The predicted octanol–water partition coefficient (Wildman–Crippen LogP) is 4.67. The molecule has 3 heterocycles. The largest absolute Gasteiger partial charge is 0.350 e. The number of hydrogen-bond donors (Lipinski definition) is 1. The molecule has 0 aliphatic carbocycles. The second-order valence-corrected chi connectivity index (χ2v) is 11.4. The summed E-state index contributed by atoms with van der Waals surface area (Å²) in [6.07, 6.45) is 6.10. The molecule has 0 amide bonds. The maximum Gasteiger partial charge on any atom is 0.145 e. The van der Waals surface area contributed by atoms with Crippen LogP contribution >= 0.6 is 7.26 Å². The van der Waals surface area contributed by atoms with Crippen LogP contribution < -0.4 is 21.2 Å². The molecular weight excluding hydrogens is 409 g/mol. The van der Waals surface area contributed by atoms with Crippen LogP contribution in [0.5, 0.6) is 0 Å². The van der Waals surface area contributed by atoms with Crippen molar-refractivity contribution in [3.8, 4) is 0 Å². The maximum absolute atomic E-state index is 4.62. The van der Waals surface area contributed by atoms with Crippen LogP contribution in [0.25, 0.3) is 21.9 Å². The highest BCUT2D eigenvalue weighted by Gasteiger charge is 2.50. The summed E-state index contributed by atoms with van der Waals surface area (Å²) in [7, 11) is -0.104. The van der Waals surface area contributed by atoms with Crippen molar-refractivity contribution in [2.24, 2.45) is 7.05 Å². The lowest BCUT2D eigenvalue weighted by Gasteiger charge is -2.28. The van der Waals surface area contributed by atoms with Crippen molar-refractivity contribution >= 4 is 50.4 Å². The van der Waals surface area contributed by atoms with Crippen molar-refractivity contribution in [2.75, 3.05) is 0 Å². The fraction of sp³-hybridized carbons (Fsp3) is 0.0357. The molecule has 0 saturated heterocycles. The summed E-state index contributed by atoms with van der Waals surface area (Å²) in [6, 6.07) is 35.4. The summed E-state index contributed by atoms with van der Waals surface area (Å²) in [4.78, 5) is 7.95. The topological polar surface area (TPSA) is 33.6 Å². The molecular formula is C28H23N3P+. The molecule has 0 spiro atoms. The van der Waals surface area contributed by atoms with Crippen LogP contribution in [-0.2, 0) is 7.05 Å². The van der Waals surface area contributed by atoms with E-state index in [-0.39, 0.29) is 0 Å². The van der Waals surface area contributed by atoms with Gasteiger partial charge in [-0.1, -0.05) is 42.5 Å². The number of rotatable bonds is 4. The highest BCUT2D eigenvalue weighted by molar-refractivity contribution is 8.02. The Bertz CT molecular complexity index is 1490. The van der Waals surface area contributed by atoms with Crippen molar-refractivity contribution in [1.82, 2.24) is 14.5 Å². The quantitative estimate of drug-likeness (QED) is 0.404. The average Bonchev–Trinajstić information content (AvgIpc) is 3.49. The van der Waals surface area contributed by atoms with Crippen LogP contribution in [0.2, 0.25) is 0 Å². The molecule has 3 aromatic heterocycles. The summed E-state index contributed by atoms with van der Waals surface area (Å²) in [5.74, 6) is 0. The van der Waals surface area contributed by atoms with Gasteiger partial charge < -0.3 is 9.55 Å². The van der Waals surface area contributed by atoms with Crippen molar-refractivity contribution in [1.29, 1.82) is 0 Å². The number of hydrogen-bond acceptors (Lipinski definition) is 1. The molecule has 0 unspecified atom stereocenters. The zero-order valence-electron chi connectivity index (χ0n) is 17.8. The van der Waals surface area contributed by atoms with E-state index in [4.69, 9.17) is 0 Å². The van der Waals surface area contributed by atoms with E-state index in [0.717, 1.165) is 5.65 Å². The number of aromatic nitrogens is 3. The van der Waals surface area contributed by atoms with Crippen molar-refractivity contribution < 1.29 is 0 Å². The molecule has 0 aliphatic heterocycles. The SMILES string of the molecule is Cn1ccc2c([P+](c3ccccc3)(c3ccccc3)c3ccnc4[nH]ccc34)cccc21. The molecule has 0 fully saturated rings. The first-order valence-corrected chi connectivity index (χ1v) is 12.6. The Hall–Kier alpha value is -3.68. The molecule has 1 N–H and O–H groups in total. The van der Waals surface area contributed by atoms with Gasteiger partial charge in [0.2, 0.25) is 0 Å². The van der Waals surface area contributed by atoms with E-state index in [1.165, 1.54) is 37.5 Å². The lowest BCUT2D eigenvalue weighted by molar-refractivity contribution is 0.969. The van der Waals surface area contributed by atoms with Crippen LogP contribution in [0.4, 0.5) is 0 Å². The number of pyridine rings is 1. The molecule has 3 nitrogen and oxygen atoms in total. The first-order chi connectivity index (χ1) is 15.8. The van der Waals surface area contributed by atoms with Gasteiger partial charge in [0.05, 0.1) is 10.9 Å². The summed E-state index contributed by atoms with van der Waals surface area (Å²) in [5, 5.41) is 7.88. The van der Waals surface area contributed by atoms with E-state index >= 15 is 0 Å². The number of H-pyrrole nitrogens is 1. The summed E-state index contributed by atoms with van der Waals surface area (Å²) in [5.41, 5.74) is 2.18. The second kappa shape index (κ2) is 7.47. The number of nitrogens with one attached hydrogen (secondary N) is 1. The van der Waals surface area contributed by atoms with Gasteiger partial charge in [0.25, 0.3) is 0 Å². The van der Waals surface area contributed by atoms with Crippen LogP contribution in [-0.4, -0.2) is 14.5 Å². The van der Waals surface area contributed by atoms with Crippen molar-refractivity contribution in [3.63, 3.8) is 0 Å². The number of fused-ring (bicyclic) bond motifs is 2. The number of aryl methyl sites for hydroxylation is 1. The monoisotopic (exact) mass is 432 g/mol. The second-order valence-electron chi connectivity index (χ2n) is 8.05. The molecule has 32 heavy (non-hydrogen) atoms. The van der Waals surface area contributed by atoms with Crippen molar-refractivity contribution in [2.45, 2.75) is 0 Å². The minimum absolute atomic E-state index is 0.930. The Labute approximate surface area is 187 Å². The normalized spacial score (nSPS) is 11.9. The van der Waals surface area contributed by atoms with Crippen LogP contribution in [0.3, 0.4) is 0 Å². The molecule has 0 radical (unpaired) electrons.